The Balaban J connectivity index is 1.26. The van der Waals surface area contributed by atoms with E-state index in [2.05, 4.69) is 159 Å². The van der Waals surface area contributed by atoms with Crippen LogP contribution < -0.4 is 4.74 Å². The van der Waals surface area contributed by atoms with Crippen LogP contribution in [0.1, 0.15) is 47.2 Å². The van der Waals surface area contributed by atoms with Gasteiger partial charge in [-0.2, -0.15) is 0 Å². The molecule has 3 aliphatic rings. The monoisotopic (exact) mass is 574 g/mol. The van der Waals surface area contributed by atoms with Crippen molar-refractivity contribution in [1.82, 2.24) is 0 Å². The zero-order chi connectivity index (χ0) is 29.9. The van der Waals surface area contributed by atoms with Crippen molar-refractivity contribution in [3.63, 3.8) is 0 Å². The lowest BCUT2D eigenvalue weighted by molar-refractivity contribution is 0.418. The molecule has 7 aromatic carbocycles. The highest BCUT2D eigenvalue weighted by atomic mass is 16.5. The quantitative estimate of drug-likeness (QED) is 0.189. The fourth-order valence-corrected chi connectivity index (χ4v) is 8.82. The van der Waals surface area contributed by atoms with E-state index in [-0.39, 0.29) is 10.8 Å². The number of benzene rings is 7. The Morgan fingerprint density at radius 1 is 0.422 bits per heavy atom. The second-order valence-electron chi connectivity index (χ2n) is 13.2. The summed E-state index contributed by atoms with van der Waals surface area (Å²) in [5.74, 6) is 1.89. The van der Waals surface area contributed by atoms with E-state index < -0.39 is 0 Å². The molecule has 0 bridgehead atoms. The van der Waals surface area contributed by atoms with Gasteiger partial charge in [-0.25, -0.2) is 0 Å². The summed E-state index contributed by atoms with van der Waals surface area (Å²) in [4.78, 5) is 0. The highest BCUT2D eigenvalue weighted by molar-refractivity contribution is 6.07. The van der Waals surface area contributed by atoms with Gasteiger partial charge in [0.2, 0.25) is 0 Å². The van der Waals surface area contributed by atoms with Gasteiger partial charge in [-0.3, -0.25) is 0 Å². The van der Waals surface area contributed by atoms with Crippen molar-refractivity contribution >= 4 is 10.8 Å². The number of hydrogen-bond acceptors (Lipinski definition) is 1. The number of fused-ring (bicyclic) bond motifs is 14. The Hall–Kier alpha value is -5.40. The smallest absolute Gasteiger partial charge is 0.132 e. The van der Waals surface area contributed by atoms with Crippen molar-refractivity contribution in [3.05, 3.63) is 179 Å². The maximum Gasteiger partial charge on any atom is 0.132 e. The van der Waals surface area contributed by atoms with Crippen LogP contribution in [0.2, 0.25) is 0 Å². The molecule has 0 radical (unpaired) electrons. The molecule has 212 valence electrons. The minimum absolute atomic E-state index is 0.141. The molecule has 2 aliphatic carbocycles. The highest BCUT2D eigenvalue weighted by Gasteiger charge is 2.52. The van der Waals surface area contributed by atoms with Crippen LogP contribution >= 0.6 is 0 Å². The van der Waals surface area contributed by atoms with E-state index in [4.69, 9.17) is 4.74 Å². The van der Waals surface area contributed by atoms with Gasteiger partial charge in [-0.1, -0.05) is 147 Å². The van der Waals surface area contributed by atoms with E-state index >= 15 is 0 Å². The predicted octanol–water partition coefficient (Wildman–Crippen LogP) is 11.3. The molecule has 0 amide bonds. The van der Waals surface area contributed by atoms with Gasteiger partial charge in [0.05, 0.1) is 5.41 Å². The van der Waals surface area contributed by atoms with Crippen molar-refractivity contribution in [2.75, 3.05) is 0 Å². The van der Waals surface area contributed by atoms with Crippen molar-refractivity contribution in [3.8, 4) is 44.9 Å². The van der Waals surface area contributed by atoms with Gasteiger partial charge in [0, 0.05) is 16.5 Å². The van der Waals surface area contributed by atoms with E-state index in [0.29, 0.717) is 0 Å². The average Bonchev–Trinajstić information content (AvgIpc) is 3.56. The van der Waals surface area contributed by atoms with Crippen LogP contribution in [0.5, 0.6) is 11.5 Å². The molecule has 1 aliphatic heterocycles. The molecule has 0 saturated carbocycles. The number of hydrogen-bond donors (Lipinski definition) is 0. The normalized spacial score (nSPS) is 17.6. The van der Waals surface area contributed by atoms with Gasteiger partial charge in [-0.05, 0) is 78.5 Å². The Bertz CT molecular complexity index is 2390. The van der Waals surface area contributed by atoms with Crippen LogP contribution in [-0.4, -0.2) is 0 Å². The standard InChI is InChI=1S/C44H30O/c1-43(2)35-19-9-10-21-39(35)45-40-26-28(23-24-36(40)43)30-16-11-20-37-42(30)32-15-6-8-18-34(32)44(37)33-17-7-5-14-31(33)41-29-13-4-3-12-27(29)22-25-38(41)44/h3-26H,1-2H3. The van der Waals surface area contributed by atoms with Gasteiger partial charge in [0.25, 0.3) is 0 Å². The van der Waals surface area contributed by atoms with Gasteiger partial charge in [0.15, 0.2) is 0 Å². The summed E-state index contributed by atoms with van der Waals surface area (Å²) in [6, 6.07) is 53.9. The third-order valence-corrected chi connectivity index (χ3v) is 10.7. The fraction of sp³-hybridized carbons (Fsp3) is 0.0909. The van der Waals surface area contributed by atoms with Crippen LogP contribution in [0.25, 0.3) is 44.2 Å². The minimum atomic E-state index is -0.385. The summed E-state index contributed by atoms with van der Waals surface area (Å²) in [5, 5.41) is 2.60. The topological polar surface area (TPSA) is 9.23 Å². The van der Waals surface area contributed by atoms with Crippen molar-refractivity contribution < 1.29 is 4.74 Å². The molecule has 0 aromatic heterocycles. The molecule has 0 fully saturated rings. The summed E-state index contributed by atoms with van der Waals surface area (Å²) in [6.07, 6.45) is 0. The van der Waals surface area contributed by atoms with Crippen LogP contribution in [0.3, 0.4) is 0 Å². The van der Waals surface area contributed by atoms with E-state index in [1.807, 2.05) is 0 Å². The molecule has 0 N–H and O–H groups in total. The average molecular weight is 575 g/mol. The highest BCUT2D eigenvalue weighted by Crippen LogP contribution is 2.65. The number of rotatable bonds is 1. The van der Waals surface area contributed by atoms with Gasteiger partial charge >= 0.3 is 0 Å². The van der Waals surface area contributed by atoms with E-state index in [1.54, 1.807) is 0 Å². The molecule has 1 unspecified atom stereocenters. The molecule has 7 aromatic rings. The first-order valence-corrected chi connectivity index (χ1v) is 15.9. The van der Waals surface area contributed by atoms with Crippen LogP contribution in [0.4, 0.5) is 0 Å². The molecule has 0 saturated heterocycles. The Morgan fingerprint density at radius 3 is 1.82 bits per heavy atom. The van der Waals surface area contributed by atoms with Gasteiger partial charge < -0.3 is 4.74 Å². The second kappa shape index (κ2) is 8.61. The molecular weight excluding hydrogens is 544 g/mol. The lowest BCUT2D eigenvalue weighted by Gasteiger charge is -2.34. The third kappa shape index (κ3) is 3.03. The molecule has 1 heterocycles. The summed E-state index contributed by atoms with van der Waals surface area (Å²) >= 11 is 0. The third-order valence-electron chi connectivity index (χ3n) is 10.7. The summed E-state index contributed by atoms with van der Waals surface area (Å²) < 4.78 is 6.59. The molecule has 10 rings (SSSR count). The first kappa shape index (κ1) is 25.0. The molecule has 1 spiro atoms. The Morgan fingerprint density at radius 2 is 1.00 bits per heavy atom. The molecule has 1 nitrogen and oxygen atoms in total. The van der Waals surface area contributed by atoms with Crippen molar-refractivity contribution in [2.45, 2.75) is 24.7 Å². The van der Waals surface area contributed by atoms with E-state index in [0.717, 1.165) is 11.5 Å². The summed E-state index contributed by atoms with van der Waals surface area (Å²) in [5.41, 5.74) is 15.1. The van der Waals surface area contributed by atoms with Gasteiger partial charge in [0.1, 0.15) is 11.5 Å². The number of ether oxygens (including phenoxy) is 1. The maximum absolute atomic E-state index is 6.59. The lowest BCUT2D eigenvalue weighted by atomic mass is 9.70. The summed E-state index contributed by atoms with van der Waals surface area (Å²) in [7, 11) is 0. The van der Waals surface area contributed by atoms with E-state index in [9.17, 15) is 0 Å². The molecule has 45 heavy (non-hydrogen) atoms. The minimum Gasteiger partial charge on any atom is -0.457 e. The summed E-state index contributed by atoms with van der Waals surface area (Å²) in [6.45, 7) is 4.59. The van der Waals surface area contributed by atoms with Crippen LogP contribution in [-0.2, 0) is 10.8 Å². The second-order valence-corrected chi connectivity index (χ2v) is 13.2. The van der Waals surface area contributed by atoms with E-state index in [1.165, 1.54) is 77.5 Å². The van der Waals surface area contributed by atoms with Crippen LogP contribution in [0, 0.1) is 0 Å². The Labute approximate surface area is 263 Å². The SMILES string of the molecule is CC1(C)c2ccccc2Oc2cc(-c3cccc4c3-c3ccccc3C43c4ccccc4-c4c3ccc3ccccc43)ccc21. The molecular formula is C44H30O. The fourth-order valence-electron chi connectivity index (χ4n) is 8.82. The lowest BCUT2D eigenvalue weighted by Crippen LogP contribution is -2.25. The predicted molar refractivity (Wildman–Crippen MR) is 184 cm³/mol. The zero-order valence-electron chi connectivity index (χ0n) is 25.3. The number of para-hydroxylation sites is 1. The first-order valence-electron chi connectivity index (χ1n) is 15.9. The van der Waals surface area contributed by atoms with Crippen molar-refractivity contribution in [2.24, 2.45) is 0 Å². The molecule has 1 atom stereocenters. The van der Waals surface area contributed by atoms with Crippen LogP contribution in [0.15, 0.2) is 146 Å². The Kier molecular flexibility index (Phi) is 4.78. The zero-order valence-corrected chi connectivity index (χ0v) is 25.3. The maximum atomic E-state index is 6.59. The molecule has 1 heteroatoms. The van der Waals surface area contributed by atoms with Gasteiger partial charge in [-0.15, -0.1) is 0 Å². The first-order chi connectivity index (χ1) is 22.1. The van der Waals surface area contributed by atoms with Crippen molar-refractivity contribution in [1.29, 1.82) is 0 Å². The largest absolute Gasteiger partial charge is 0.457 e.